The maximum atomic E-state index is 13.0. The van der Waals surface area contributed by atoms with Crippen LogP contribution in [-0.4, -0.2) is 30.6 Å². The van der Waals surface area contributed by atoms with E-state index >= 15 is 0 Å². The van der Waals surface area contributed by atoms with Crippen LogP contribution in [0.5, 0.6) is 0 Å². The molecule has 1 heterocycles. The summed E-state index contributed by atoms with van der Waals surface area (Å²) in [6.45, 7) is 1.92. The Balaban J connectivity index is 2.22. The fourth-order valence-corrected chi connectivity index (χ4v) is 2.43. The van der Waals surface area contributed by atoms with E-state index in [9.17, 15) is 12.8 Å². The molecule has 1 unspecified atom stereocenters. The Morgan fingerprint density at radius 2 is 2.22 bits per heavy atom. The first-order chi connectivity index (χ1) is 8.35. The molecule has 0 saturated heterocycles. The lowest BCUT2D eigenvalue weighted by Gasteiger charge is -2.11. The minimum atomic E-state index is -3.49. The second-order valence-corrected chi connectivity index (χ2v) is 5.74. The Kier molecular flexibility index (Phi) is 3.36. The van der Waals surface area contributed by atoms with Gasteiger partial charge in [0, 0.05) is 5.39 Å². The summed E-state index contributed by atoms with van der Waals surface area (Å²) >= 11 is 0. The third kappa shape index (κ3) is 3.05. The Morgan fingerprint density at radius 3 is 2.89 bits per heavy atom. The smallest absolute Gasteiger partial charge is 0.264 e. The van der Waals surface area contributed by atoms with Gasteiger partial charge in [-0.05, 0) is 25.1 Å². The molecular formula is C11H13FN2O3S. The fraction of sp³-hybridized carbons (Fsp3) is 0.364. The molecule has 0 bridgehead atoms. The van der Waals surface area contributed by atoms with E-state index in [2.05, 4.69) is 5.10 Å². The van der Waals surface area contributed by atoms with Crippen molar-refractivity contribution in [3.8, 4) is 0 Å². The largest absolute Gasteiger partial charge is 0.265 e. The Bertz CT molecular complexity index is 666. The average Bonchev–Trinajstić information content (AvgIpc) is 2.57. The average molecular weight is 272 g/mol. The van der Waals surface area contributed by atoms with Crippen LogP contribution in [0.1, 0.15) is 6.92 Å². The van der Waals surface area contributed by atoms with Crippen molar-refractivity contribution in [2.75, 3.05) is 6.26 Å². The van der Waals surface area contributed by atoms with Crippen molar-refractivity contribution >= 4 is 21.0 Å². The van der Waals surface area contributed by atoms with E-state index in [-0.39, 0.29) is 12.4 Å². The van der Waals surface area contributed by atoms with Gasteiger partial charge in [-0.25, -0.2) is 4.39 Å². The van der Waals surface area contributed by atoms with Gasteiger partial charge in [0.25, 0.3) is 10.1 Å². The zero-order valence-corrected chi connectivity index (χ0v) is 10.8. The van der Waals surface area contributed by atoms with Crippen molar-refractivity contribution in [3.63, 3.8) is 0 Å². The summed E-state index contributed by atoms with van der Waals surface area (Å²) in [6, 6.07) is 4.31. The number of hydrogen-bond donors (Lipinski definition) is 0. The number of benzene rings is 1. The van der Waals surface area contributed by atoms with E-state index in [1.54, 1.807) is 17.7 Å². The van der Waals surface area contributed by atoms with Gasteiger partial charge in [0.2, 0.25) is 0 Å². The molecule has 0 amide bonds. The maximum Gasteiger partial charge on any atom is 0.264 e. The SMILES string of the molecule is CC(Cn1ncc2cc(F)ccc21)OS(C)(=O)=O. The first-order valence-electron chi connectivity index (χ1n) is 5.34. The topological polar surface area (TPSA) is 61.2 Å². The highest BCUT2D eigenvalue weighted by Gasteiger charge is 2.13. The van der Waals surface area contributed by atoms with Crippen LogP contribution < -0.4 is 0 Å². The Morgan fingerprint density at radius 1 is 1.50 bits per heavy atom. The zero-order chi connectivity index (χ0) is 13.3. The normalized spacial score (nSPS) is 13.9. The molecule has 18 heavy (non-hydrogen) atoms. The number of rotatable bonds is 4. The van der Waals surface area contributed by atoms with E-state index in [1.165, 1.54) is 18.3 Å². The Labute approximate surface area is 104 Å². The summed E-state index contributed by atoms with van der Waals surface area (Å²) in [7, 11) is -3.49. The van der Waals surface area contributed by atoms with Gasteiger partial charge >= 0.3 is 0 Å². The summed E-state index contributed by atoms with van der Waals surface area (Å²) in [5, 5.41) is 4.75. The monoisotopic (exact) mass is 272 g/mol. The number of halogens is 1. The van der Waals surface area contributed by atoms with Crippen LogP contribution >= 0.6 is 0 Å². The predicted molar refractivity (Wildman–Crippen MR) is 65.1 cm³/mol. The van der Waals surface area contributed by atoms with Crippen molar-refractivity contribution in [2.24, 2.45) is 0 Å². The van der Waals surface area contributed by atoms with Crippen molar-refractivity contribution in [1.29, 1.82) is 0 Å². The second-order valence-electron chi connectivity index (χ2n) is 4.14. The van der Waals surface area contributed by atoms with Gasteiger partial charge in [-0.15, -0.1) is 0 Å². The number of aromatic nitrogens is 2. The summed E-state index contributed by atoms with van der Waals surface area (Å²) < 4.78 is 41.4. The highest BCUT2D eigenvalue weighted by molar-refractivity contribution is 7.86. The summed E-state index contributed by atoms with van der Waals surface area (Å²) in [5.74, 6) is -0.331. The van der Waals surface area contributed by atoms with Crippen molar-refractivity contribution in [1.82, 2.24) is 9.78 Å². The van der Waals surface area contributed by atoms with Gasteiger partial charge in [0.15, 0.2) is 0 Å². The van der Waals surface area contributed by atoms with Gasteiger partial charge < -0.3 is 0 Å². The lowest BCUT2D eigenvalue weighted by molar-refractivity contribution is 0.205. The minimum absolute atomic E-state index is 0.280. The van der Waals surface area contributed by atoms with Gasteiger partial charge in [-0.3, -0.25) is 8.86 Å². The van der Waals surface area contributed by atoms with E-state index in [1.807, 2.05) is 0 Å². The molecule has 1 atom stereocenters. The molecule has 1 aromatic carbocycles. The third-order valence-electron chi connectivity index (χ3n) is 2.37. The van der Waals surface area contributed by atoms with Crippen LogP contribution in [0.2, 0.25) is 0 Å². The van der Waals surface area contributed by atoms with Gasteiger partial charge in [0.05, 0.1) is 30.6 Å². The van der Waals surface area contributed by atoms with Gasteiger partial charge in [-0.1, -0.05) is 0 Å². The molecule has 7 heteroatoms. The van der Waals surface area contributed by atoms with E-state index < -0.39 is 16.2 Å². The minimum Gasteiger partial charge on any atom is -0.265 e. The highest BCUT2D eigenvalue weighted by Crippen LogP contribution is 2.16. The van der Waals surface area contributed by atoms with E-state index in [4.69, 9.17) is 4.18 Å². The van der Waals surface area contributed by atoms with Crippen molar-refractivity contribution in [2.45, 2.75) is 19.6 Å². The number of fused-ring (bicyclic) bond motifs is 1. The summed E-state index contributed by atoms with van der Waals surface area (Å²) in [4.78, 5) is 0. The van der Waals surface area contributed by atoms with Crippen molar-refractivity contribution < 1.29 is 17.0 Å². The molecule has 0 spiro atoms. The van der Waals surface area contributed by atoms with Crippen LogP contribution in [0, 0.1) is 5.82 Å². The number of hydrogen-bond acceptors (Lipinski definition) is 4. The van der Waals surface area contributed by atoms with Crippen LogP contribution in [0.4, 0.5) is 4.39 Å². The first-order valence-corrected chi connectivity index (χ1v) is 7.16. The molecule has 5 nitrogen and oxygen atoms in total. The quantitative estimate of drug-likeness (QED) is 0.792. The molecule has 0 aliphatic heterocycles. The third-order valence-corrected chi connectivity index (χ3v) is 3.05. The maximum absolute atomic E-state index is 13.0. The fourth-order valence-electron chi connectivity index (χ4n) is 1.78. The van der Waals surface area contributed by atoms with Gasteiger partial charge in [-0.2, -0.15) is 13.5 Å². The predicted octanol–water partition coefficient (Wildman–Crippen LogP) is 1.54. The van der Waals surface area contributed by atoms with Crippen LogP contribution in [0.25, 0.3) is 10.9 Å². The van der Waals surface area contributed by atoms with Crippen LogP contribution in [0.15, 0.2) is 24.4 Å². The summed E-state index contributed by atoms with van der Waals surface area (Å²) in [6.07, 6.45) is 2.00. The van der Waals surface area contributed by atoms with E-state index in [0.717, 1.165) is 11.8 Å². The lowest BCUT2D eigenvalue weighted by Crippen LogP contribution is -2.20. The Hall–Kier alpha value is -1.47. The molecule has 2 rings (SSSR count). The molecule has 2 aromatic rings. The highest BCUT2D eigenvalue weighted by atomic mass is 32.2. The molecule has 0 aliphatic carbocycles. The number of nitrogens with zero attached hydrogens (tertiary/aromatic N) is 2. The second kappa shape index (κ2) is 4.66. The lowest BCUT2D eigenvalue weighted by atomic mass is 10.2. The molecule has 0 saturated carbocycles. The van der Waals surface area contributed by atoms with Crippen LogP contribution in [-0.2, 0) is 20.8 Å². The zero-order valence-electron chi connectivity index (χ0n) is 10.00. The first kappa shape index (κ1) is 13.0. The van der Waals surface area contributed by atoms with Crippen LogP contribution in [0.3, 0.4) is 0 Å². The molecule has 1 aromatic heterocycles. The summed E-state index contributed by atoms with van der Waals surface area (Å²) in [5.41, 5.74) is 0.736. The molecule has 0 N–H and O–H groups in total. The van der Waals surface area contributed by atoms with Gasteiger partial charge in [0.1, 0.15) is 5.82 Å². The standard InChI is InChI=1S/C11H13FN2O3S/c1-8(17-18(2,15)16)7-14-11-4-3-10(12)5-9(11)6-13-14/h3-6,8H,7H2,1-2H3. The molecule has 0 radical (unpaired) electrons. The van der Waals surface area contributed by atoms with Crippen molar-refractivity contribution in [3.05, 3.63) is 30.2 Å². The molecule has 98 valence electrons. The van der Waals surface area contributed by atoms with E-state index in [0.29, 0.717) is 5.39 Å². The molecule has 0 fully saturated rings. The molecular weight excluding hydrogens is 259 g/mol. The molecule has 0 aliphatic rings.